The number of alkyl halides is 1. The minimum Gasteiger partial charge on any atom is -0.373 e. The zero-order valence-electron chi connectivity index (χ0n) is 23.1. The van der Waals surface area contributed by atoms with Gasteiger partial charge in [0.25, 0.3) is 0 Å². The monoisotopic (exact) mass is 550 g/mol. The van der Waals surface area contributed by atoms with E-state index in [9.17, 15) is 13.2 Å². The number of amides is 1. The van der Waals surface area contributed by atoms with Gasteiger partial charge in [-0.25, -0.2) is 13.1 Å². The summed E-state index contributed by atoms with van der Waals surface area (Å²) in [5, 5.41) is 3.00. The number of carbonyl (C=O) groups is 1. The summed E-state index contributed by atoms with van der Waals surface area (Å²) in [6, 6.07) is 0. The molecule has 0 spiro atoms. The van der Waals surface area contributed by atoms with Crippen LogP contribution in [0.1, 0.15) is 135 Å². The van der Waals surface area contributed by atoms with Gasteiger partial charge in [0, 0.05) is 25.6 Å². The molecule has 1 aliphatic rings. The molecule has 1 atom stereocenters. The van der Waals surface area contributed by atoms with Crippen molar-refractivity contribution in [1.82, 2.24) is 10.0 Å². The fourth-order valence-electron chi connectivity index (χ4n) is 4.91. The quantitative estimate of drug-likeness (QED) is 0.0961. The zero-order chi connectivity index (χ0) is 26.4. The van der Waals surface area contributed by atoms with Gasteiger partial charge in [-0.1, -0.05) is 103 Å². The summed E-state index contributed by atoms with van der Waals surface area (Å²) < 4.78 is 32.6. The molecular weight excluding hydrogens is 496 g/mol. The van der Waals surface area contributed by atoms with E-state index in [-0.39, 0.29) is 24.6 Å². The highest BCUT2D eigenvalue weighted by atomic mass is 35.5. The molecular formula is C28H55ClN2O4S. The van der Waals surface area contributed by atoms with Gasteiger partial charge in [-0.05, 0) is 25.7 Å². The smallest absolute Gasteiger partial charge is 0.222 e. The van der Waals surface area contributed by atoms with Gasteiger partial charge in [0.15, 0.2) is 0 Å². The van der Waals surface area contributed by atoms with Crippen LogP contribution >= 0.6 is 11.6 Å². The van der Waals surface area contributed by atoms with Crippen molar-refractivity contribution in [2.45, 2.75) is 141 Å². The molecule has 6 nitrogen and oxygen atoms in total. The molecule has 0 aromatic rings. The first-order chi connectivity index (χ1) is 17.4. The molecule has 36 heavy (non-hydrogen) atoms. The minimum atomic E-state index is -3.40. The van der Waals surface area contributed by atoms with E-state index in [4.69, 9.17) is 16.3 Å². The van der Waals surface area contributed by atoms with Crippen LogP contribution in [0.4, 0.5) is 0 Å². The van der Waals surface area contributed by atoms with Gasteiger partial charge in [-0.15, -0.1) is 11.6 Å². The summed E-state index contributed by atoms with van der Waals surface area (Å²) in [6.07, 6.45) is 23.4. The van der Waals surface area contributed by atoms with Gasteiger partial charge < -0.3 is 10.1 Å². The van der Waals surface area contributed by atoms with Crippen LogP contribution in [-0.2, 0) is 19.6 Å². The van der Waals surface area contributed by atoms with E-state index in [1.165, 1.54) is 89.9 Å². The van der Waals surface area contributed by atoms with Crippen LogP contribution < -0.4 is 10.0 Å². The maximum Gasteiger partial charge on any atom is 0.222 e. The first-order valence-electron chi connectivity index (χ1n) is 14.9. The second kappa shape index (κ2) is 21.6. The molecule has 0 saturated carbocycles. The normalized spacial score (nSPS) is 18.1. The van der Waals surface area contributed by atoms with E-state index in [1.54, 1.807) is 0 Å². The van der Waals surface area contributed by atoms with E-state index in [0.29, 0.717) is 31.9 Å². The van der Waals surface area contributed by atoms with Gasteiger partial charge in [0.2, 0.25) is 15.9 Å². The number of carbonyl (C=O) groups excluding carboxylic acids is 1. The lowest BCUT2D eigenvalue weighted by atomic mass is 9.95. The molecule has 1 heterocycles. The molecule has 1 amide bonds. The number of hydrogen-bond acceptors (Lipinski definition) is 4. The van der Waals surface area contributed by atoms with Crippen LogP contribution in [0, 0.1) is 0 Å². The topological polar surface area (TPSA) is 84.5 Å². The molecule has 0 bridgehead atoms. The van der Waals surface area contributed by atoms with Gasteiger partial charge in [0.1, 0.15) is 0 Å². The molecule has 0 aliphatic carbocycles. The predicted octanol–water partition coefficient (Wildman–Crippen LogP) is 6.85. The Balaban J connectivity index is 1.99. The Labute approximate surface area is 227 Å². The summed E-state index contributed by atoms with van der Waals surface area (Å²) in [7, 11) is -3.40. The Kier molecular flexibility index (Phi) is 20.1. The molecule has 0 aromatic heterocycles. The number of ether oxygens (including phenoxy) is 1. The number of halogens is 1. The van der Waals surface area contributed by atoms with Crippen molar-refractivity contribution >= 4 is 27.5 Å². The average molecular weight is 551 g/mol. The molecule has 2 N–H and O–H groups in total. The number of sulfonamides is 1. The van der Waals surface area contributed by atoms with E-state index < -0.39 is 15.6 Å². The van der Waals surface area contributed by atoms with Crippen molar-refractivity contribution in [2.75, 3.05) is 31.3 Å². The fourth-order valence-corrected chi connectivity index (χ4v) is 6.35. The Morgan fingerprint density at radius 3 is 1.83 bits per heavy atom. The van der Waals surface area contributed by atoms with Crippen molar-refractivity contribution in [2.24, 2.45) is 0 Å². The van der Waals surface area contributed by atoms with E-state index in [1.807, 2.05) is 0 Å². The molecule has 1 aliphatic heterocycles. The SMILES string of the molecule is CCCCCCCCCCCCCCCCCCNC(=O)CC1(CNS(=O)(=O)CCCCl)CCCO1. The molecule has 8 heteroatoms. The van der Waals surface area contributed by atoms with Crippen molar-refractivity contribution < 1.29 is 17.9 Å². The third-order valence-corrected chi connectivity index (χ3v) is 8.86. The van der Waals surface area contributed by atoms with Crippen LogP contribution in [-0.4, -0.2) is 51.3 Å². The third kappa shape index (κ3) is 18.0. The average Bonchev–Trinajstić information content (AvgIpc) is 3.32. The van der Waals surface area contributed by atoms with E-state index in [0.717, 1.165) is 19.3 Å². The summed E-state index contributed by atoms with van der Waals surface area (Å²) in [5.41, 5.74) is -0.729. The van der Waals surface area contributed by atoms with Crippen LogP contribution in [0.5, 0.6) is 0 Å². The Hall–Kier alpha value is -0.370. The van der Waals surface area contributed by atoms with Crippen LogP contribution in [0.15, 0.2) is 0 Å². The summed E-state index contributed by atoms with van der Waals surface area (Å²) in [6.45, 7) is 3.66. The van der Waals surface area contributed by atoms with Crippen LogP contribution in [0.2, 0.25) is 0 Å². The van der Waals surface area contributed by atoms with Crippen molar-refractivity contribution in [3.05, 3.63) is 0 Å². The molecule has 1 unspecified atom stereocenters. The molecule has 1 rings (SSSR count). The van der Waals surface area contributed by atoms with Gasteiger partial charge in [-0.2, -0.15) is 0 Å². The van der Waals surface area contributed by atoms with Crippen molar-refractivity contribution in [1.29, 1.82) is 0 Å². The third-order valence-electron chi connectivity index (χ3n) is 7.18. The first kappa shape index (κ1) is 33.7. The largest absolute Gasteiger partial charge is 0.373 e. The van der Waals surface area contributed by atoms with Crippen molar-refractivity contribution in [3.8, 4) is 0 Å². The lowest BCUT2D eigenvalue weighted by Crippen LogP contribution is -2.46. The highest BCUT2D eigenvalue weighted by Gasteiger charge is 2.38. The molecule has 214 valence electrons. The first-order valence-corrected chi connectivity index (χ1v) is 17.1. The van der Waals surface area contributed by atoms with Crippen LogP contribution in [0.3, 0.4) is 0 Å². The second-order valence-corrected chi connectivity index (χ2v) is 13.0. The second-order valence-electron chi connectivity index (χ2n) is 10.6. The molecule has 0 radical (unpaired) electrons. The number of nitrogens with one attached hydrogen (secondary N) is 2. The van der Waals surface area contributed by atoms with Gasteiger partial charge in [0.05, 0.1) is 17.8 Å². The van der Waals surface area contributed by atoms with Crippen LogP contribution in [0.25, 0.3) is 0 Å². The summed E-state index contributed by atoms with van der Waals surface area (Å²) in [5.74, 6) is 0.250. The number of rotatable bonds is 25. The van der Waals surface area contributed by atoms with Gasteiger partial charge >= 0.3 is 0 Å². The lowest BCUT2D eigenvalue weighted by molar-refractivity contribution is -0.126. The Morgan fingerprint density at radius 2 is 1.36 bits per heavy atom. The van der Waals surface area contributed by atoms with E-state index in [2.05, 4.69) is 17.0 Å². The number of hydrogen-bond donors (Lipinski definition) is 2. The maximum absolute atomic E-state index is 12.5. The predicted molar refractivity (Wildman–Crippen MR) is 152 cm³/mol. The molecule has 1 saturated heterocycles. The highest BCUT2D eigenvalue weighted by Crippen LogP contribution is 2.29. The van der Waals surface area contributed by atoms with Crippen molar-refractivity contribution in [3.63, 3.8) is 0 Å². The highest BCUT2D eigenvalue weighted by molar-refractivity contribution is 7.89. The Bertz CT molecular complexity index is 639. The zero-order valence-corrected chi connectivity index (χ0v) is 24.7. The minimum absolute atomic E-state index is 0.00195. The maximum atomic E-state index is 12.5. The number of unbranched alkanes of at least 4 members (excludes halogenated alkanes) is 15. The Morgan fingerprint density at radius 1 is 0.833 bits per heavy atom. The van der Waals surface area contributed by atoms with E-state index >= 15 is 0 Å². The van der Waals surface area contributed by atoms with Gasteiger partial charge in [-0.3, -0.25) is 4.79 Å². The standard InChI is InChI=1S/C28H55ClN2O4S/c1-2-3-4-5-6-7-8-9-10-11-12-13-14-15-16-17-22-30-27(32)25-28(20-18-23-35-28)26-31-36(33,34)24-19-21-29/h31H,2-26H2,1H3,(H,30,32). The fraction of sp³-hybridized carbons (Fsp3) is 0.964. The summed E-state index contributed by atoms with van der Waals surface area (Å²) in [4.78, 5) is 12.5. The molecule has 1 fully saturated rings. The lowest BCUT2D eigenvalue weighted by Gasteiger charge is -2.28. The summed E-state index contributed by atoms with van der Waals surface area (Å²) >= 11 is 5.60. The molecule has 0 aromatic carbocycles.